The van der Waals surface area contributed by atoms with Gasteiger partial charge < -0.3 is 14.2 Å². The van der Waals surface area contributed by atoms with Gasteiger partial charge in [0.15, 0.2) is 0 Å². The maximum atomic E-state index is 13.2. The van der Waals surface area contributed by atoms with Crippen molar-refractivity contribution in [3.63, 3.8) is 0 Å². The molecular weight excluding hydrogens is 454 g/mol. The molecule has 0 aromatic carbocycles. The van der Waals surface area contributed by atoms with Gasteiger partial charge in [-0.3, -0.25) is 15.1 Å². The van der Waals surface area contributed by atoms with Crippen LogP contribution < -0.4 is 14.8 Å². The summed E-state index contributed by atoms with van der Waals surface area (Å²) in [5.74, 6) is -0.0227. The number of carbonyl (C=O) groups excluding carboxylic acids is 1. The second-order valence-electron chi connectivity index (χ2n) is 7.74. The smallest absolute Gasteiger partial charge is 0.295 e. The highest BCUT2D eigenvalue weighted by atomic mass is 35.5. The lowest BCUT2D eigenvalue weighted by Gasteiger charge is -2.20. The highest BCUT2D eigenvalue weighted by Gasteiger charge is 2.31. The number of hydrogen-bond acceptors (Lipinski definition) is 9. The van der Waals surface area contributed by atoms with Crippen molar-refractivity contribution in [1.82, 2.24) is 20.2 Å². The first kappa shape index (κ1) is 22.4. The van der Waals surface area contributed by atoms with Crippen molar-refractivity contribution in [3.05, 3.63) is 40.9 Å². The molecule has 4 rings (SSSR count). The molecule has 1 aliphatic heterocycles. The van der Waals surface area contributed by atoms with Crippen LogP contribution in [-0.4, -0.2) is 53.0 Å². The Kier molecular flexibility index (Phi) is 6.54. The van der Waals surface area contributed by atoms with E-state index in [4.69, 9.17) is 25.8 Å². The molecule has 3 aromatic heterocycles. The Labute approximate surface area is 194 Å². The predicted molar refractivity (Wildman–Crippen MR) is 121 cm³/mol. The van der Waals surface area contributed by atoms with Crippen LogP contribution in [0.2, 0.25) is 5.15 Å². The highest BCUT2D eigenvalue weighted by molar-refractivity contribution is 7.17. The van der Waals surface area contributed by atoms with E-state index in [0.717, 1.165) is 29.9 Å². The van der Waals surface area contributed by atoms with Crippen LogP contribution >= 0.6 is 22.9 Å². The van der Waals surface area contributed by atoms with Gasteiger partial charge in [0.1, 0.15) is 10.9 Å². The van der Waals surface area contributed by atoms with Crippen LogP contribution in [0.3, 0.4) is 0 Å². The first-order valence-electron chi connectivity index (χ1n) is 9.90. The van der Waals surface area contributed by atoms with Gasteiger partial charge in [0.25, 0.3) is 11.1 Å². The molecule has 3 aromatic rings. The minimum Gasteiger partial charge on any atom is -0.494 e. The molecule has 1 amide bonds. The van der Waals surface area contributed by atoms with Gasteiger partial charge >= 0.3 is 0 Å². The van der Waals surface area contributed by atoms with Gasteiger partial charge in [0.2, 0.25) is 5.13 Å². The van der Waals surface area contributed by atoms with E-state index in [-0.39, 0.29) is 21.3 Å². The monoisotopic (exact) mass is 475 g/mol. The van der Waals surface area contributed by atoms with E-state index in [1.54, 1.807) is 31.5 Å². The average Bonchev–Trinajstić information content (AvgIpc) is 3.41. The Morgan fingerprint density at radius 2 is 2.12 bits per heavy atom. The summed E-state index contributed by atoms with van der Waals surface area (Å²) in [6.07, 6.45) is 4.18. The SMILES string of the molecule is COc1c(C)nc(Cl)c(C(=O)Nc2nnc(OCC3(C)CCOC3)s2)c1-c1ccncc1. The molecule has 0 saturated carbocycles. The summed E-state index contributed by atoms with van der Waals surface area (Å²) in [6.45, 7) is 5.71. The van der Waals surface area contributed by atoms with Gasteiger partial charge in [-0.2, -0.15) is 0 Å². The average molecular weight is 476 g/mol. The van der Waals surface area contributed by atoms with E-state index in [0.29, 0.717) is 35.4 Å². The van der Waals surface area contributed by atoms with Crippen molar-refractivity contribution < 1.29 is 19.0 Å². The van der Waals surface area contributed by atoms with Crippen LogP contribution in [0.15, 0.2) is 24.5 Å². The van der Waals surface area contributed by atoms with Gasteiger partial charge in [-0.05, 0) is 42.4 Å². The summed E-state index contributed by atoms with van der Waals surface area (Å²) < 4.78 is 16.8. The number of aromatic nitrogens is 4. The van der Waals surface area contributed by atoms with Gasteiger partial charge in [-0.1, -0.05) is 23.6 Å². The number of amides is 1. The number of pyridine rings is 2. The van der Waals surface area contributed by atoms with Crippen molar-refractivity contribution in [1.29, 1.82) is 0 Å². The maximum Gasteiger partial charge on any atom is 0.295 e. The van der Waals surface area contributed by atoms with Crippen LogP contribution in [0.1, 0.15) is 29.4 Å². The molecule has 11 heteroatoms. The first-order valence-corrected chi connectivity index (χ1v) is 11.1. The number of methoxy groups -OCH3 is 1. The molecule has 168 valence electrons. The van der Waals surface area contributed by atoms with Gasteiger partial charge in [0, 0.05) is 30.0 Å². The molecular formula is C21H22ClN5O4S. The quantitative estimate of drug-likeness (QED) is 0.510. The van der Waals surface area contributed by atoms with Crippen molar-refractivity contribution in [3.8, 4) is 22.1 Å². The summed E-state index contributed by atoms with van der Waals surface area (Å²) >= 11 is 7.54. The largest absolute Gasteiger partial charge is 0.494 e. The fourth-order valence-corrected chi connectivity index (χ4v) is 4.34. The normalized spacial score (nSPS) is 17.9. The van der Waals surface area contributed by atoms with Crippen molar-refractivity contribution in [2.75, 3.05) is 32.2 Å². The molecule has 9 nitrogen and oxygen atoms in total. The summed E-state index contributed by atoms with van der Waals surface area (Å²) in [5.41, 5.74) is 1.94. The third kappa shape index (κ3) is 4.67. The van der Waals surface area contributed by atoms with Gasteiger partial charge in [0.05, 0.1) is 31.6 Å². The van der Waals surface area contributed by atoms with Gasteiger partial charge in [-0.15, -0.1) is 5.10 Å². The Balaban J connectivity index is 1.58. The molecule has 0 bridgehead atoms. The molecule has 0 aliphatic carbocycles. The minimum atomic E-state index is -0.480. The molecule has 0 spiro atoms. The molecule has 1 atom stereocenters. The topological polar surface area (TPSA) is 108 Å². The zero-order chi connectivity index (χ0) is 22.7. The van der Waals surface area contributed by atoms with Crippen LogP contribution in [-0.2, 0) is 4.74 Å². The Bertz CT molecular complexity index is 1120. The Morgan fingerprint density at radius 3 is 2.81 bits per heavy atom. The number of carbonyl (C=O) groups is 1. The van der Waals surface area contributed by atoms with Crippen LogP contribution in [0.25, 0.3) is 11.1 Å². The third-order valence-corrected chi connectivity index (χ3v) is 6.17. The molecule has 1 N–H and O–H groups in total. The van der Waals surface area contributed by atoms with Gasteiger partial charge in [-0.25, -0.2) is 4.98 Å². The van der Waals surface area contributed by atoms with Crippen molar-refractivity contribution in [2.24, 2.45) is 5.41 Å². The number of hydrogen-bond donors (Lipinski definition) is 1. The van der Waals surface area contributed by atoms with E-state index in [2.05, 4.69) is 32.4 Å². The molecule has 4 heterocycles. The van der Waals surface area contributed by atoms with E-state index in [1.165, 1.54) is 7.11 Å². The number of halogens is 1. The van der Waals surface area contributed by atoms with Crippen LogP contribution in [0.4, 0.5) is 5.13 Å². The van der Waals surface area contributed by atoms with E-state index in [1.807, 2.05) is 0 Å². The number of aryl methyl sites for hydroxylation is 1. The fourth-order valence-electron chi connectivity index (χ4n) is 3.44. The van der Waals surface area contributed by atoms with Crippen molar-refractivity contribution >= 4 is 34.0 Å². The number of nitrogens with zero attached hydrogens (tertiary/aromatic N) is 4. The number of rotatable bonds is 7. The lowest BCUT2D eigenvalue weighted by molar-refractivity contribution is 0.102. The zero-order valence-corrected chi connectivity index (χ0v) is 19.4. The number of ether oxygens (including phenoxy) is 3. The Morgan fingerprint density at radius 1 is 1.34 bits per heavy atom. The molecule has 1 unspecified atom stereocenters. The second-order valence-corrected chi connectivity index (χ2v) is 9.03. The first-order chi connectivity index (χ1) is 15.4. The lowest BCUT2D eigenvalue weighted by Crippen LogP contribution is -2.25. The molecule has 1 fully saturated rings. The van der Waals surface area contributed by atoms with Crippen molar-refractivity contribution in [2.45, 2.75) is 20.3 Å². The van der Waals surface area contributed by atoms with Crippen LogP contribution in [0.5, 0.6) is 10.9 Å². The summed E-state index contributed by atoms with van der Waals surface area (Å²) in [6, 6.07) is 3.54. The summed E-state index contributed by atoms with van der Waals surface area (Å²) in [4.78, 5) is 21.5. The standard InChI is InChI=1S/C21H22ClN5O4S/c1-12-16(29-3)14(13-4-7-23-8-5-13)15(17(22)24-12)18(28)25-19-26-27-20(32-19)31-11-21(2)6-9-30-10-21/h4-5,7-8H,6,9-11H2,1-3H3,(H,25,26,28). The minimum absolute atomic E-state index is 0.0494. The predicted octanol–water partition coefficient (Wildman–Crippen LogP) is 4.02. The second kappa shape index (κ2) is 9.35. The number of nitrogens with one attached hydrogen (secondary N) is 1. The maximum absolute atomic E-state index is 13.2. The molecule has 0 radical (unpaired) electrons. The molecule has 32 heavy (non-hydrogen) atoms. The van der Waals surface area contributed by atoms with E-state index < -0.39 is 5.91 Å². The van der Waals surface area contributed by atoms with Crippen LogP contribution in [0, 0.1) is 12.3 Å². The summed E-state index contributed by atoms with van der Waals surface area (Å²) in [7, 11) is 1.52. The van der Waals surface area contributed by atoms with E-state index >= 15 is 0 Å². The highest BCUT2D eigenvalue weighted by Crippen LogP contribution is 2.39. The number of anilines is 1. The van der Waals surface area contributed by atoms with E-state index in [9.17, 15) is 4.79 Å². The summed E-state index contributed by atoms with van der Waals surface area (Å²) in [5, 5.41) is 11.5. The molecule has 1 aliphatic rings. The fraction of sp³-hybridized carbons (Fsp3) is 0.381. The Hall–Kier alpha value is -2.82. The molecule has 1 saturated heterocycles. The zero-order valence-electron chi connectivity index (χ0n) is 17.8. The lowest BCUT2D eigenvalue weighted by atomic mass is 9.91. The third-order valence-electron chi connectivity index (χ3n) is 5.15.